The van der Waals surface area contributed by atoms with Gasteiger partial charge in [-0.05, 0) is 38.2 Å². The summed E-state index contributed by atoms with van der Waals surface area (Å²) in [5.74, 6) is -0.529. The van der Waals surface area contributed by atoms with Crippen molar-refractivity contribution in [2.75, 3.05) is 0 Å². The number of amides is 3. The molecule has 7 nitrogen and oxygen atoms in total. The second-order valence-corrected chi connectivity index (χ2v) is 9.92. The van der Waals surface area contributed by atoms with E-state index in [1.54, 1.807) is 4.57 Å². The Morgan fingerprint density at radius 3 is 2.50 bits per heavy atom. The summed E-state index contributed by atoms with van der Waals surface area (Å²) in [5.41, 5.74) is 6.07. The summed E-state index contributed by atoms with van der Waals surface area (Å²) >= 11 is 2.74. The van der Waals surface area contributed by atoms with Crippen LogP contribution in [0.25, 0.3) is 10.2 Å². The average molecular weight is 423 g/mol. The number of fused-ring (bicyclic) bond motifs is 1. The number of carbonyl (C=O) groups is 2. The quantitative estimate of drug-likeness (QED) is 0.566. The summed E-state index contributed by atoms with van der Waals surface area (Å²) in [6, 6.07) is -0.782. The van der Waals surface area contributed by atoms with Crippen molar-refractivity contribution in [2.45, 2.75) is 69.8 Å². The number of hydrogen-bond acceptors (Lipinski definition) is 6. The molecular formula is C19H26N4O3S2. The lowest BCUT2D eigenvalue weighted by Crippen LogP contribution is -2.42. The molecule has 0 saturated heterocycles. The number of thioether (sulfide) groups is 1. The van der Waals surface area contributed by atoms with Gasteiger partial charge in [-0.15, -0.1) is 11.3 Å². The first-order chi connectivity index (χ1) is 13.2. The minimum Gasteiger partial charge on any atom is -0.351 e. The average Bonchev–Trinajstić information content (AvgIpc) is 3.20. The number of hydrogen-bond donors (Lipinski definition) is 2. The number of imide groups is 1. The Morgan fingerprint density at radius 2 is 1.93 bits per heavy atom. The van der Waals surface area contributed by atoms with E-state index >= 15 is 0 Å². The van der Waals surface area contributed by atoms with Gasteiger partial charge in [0, 0.05) is 10.9 Å². The summed E-state index contributed by atoms with van der Waals surface area (Å²) in [6.45, 7) is 7.74. The van der Waals surface area contributed by atoms with Crippen molar-refractivity contribution >= 4 is 45.3 Å². The largest absolute Gasteiger partial charge is 0.351 e. The van der Waals surface area contributed by atoms with Crippen molar-refractivity contribution in [3.8, 4) is 0 Å². The number of rotatable bonds is 5. The van der Waals surface area contributed by atoms with Crippen LogP contribution in [0.1, 0.15) is 56.0 Å². The van der Waals surface area contributed by atoms with E-state index in [1.165, 1.54) is 23.1 Å². The minimum atomic E-state index is -0.877. The van der Waals surface area contributed by atoms with E-state index in [0.717, 1.165) is 36.1 Å². The van der Waals surface area contributed by atoms with Gasteiger partial charge in [0.2, 0.25) is 5.91 Å². The molecule has 1 atom stereocenters. The summed E-state index contributed by atoms with van der Waals surface area (Å²) < 4.78 is 1.78. The van der Waals surface area contributed by atoms with Gasteiger partial charge in [-0.3, -0.25) is 19.5 Å². The highest BCUT2D eigenvalue weighted by Crippen LogP contribution is 2.36. The summed E-state index contributed by atoms with van der Waals surface area (Å²) in [5, 5.41) is 2.82. The number of thiophene rings is 1. The number of primary amides is 1. The second-order valence-electron chi connectivity index (χ2n) is 7.61. The first-order valence-corrected chi connectivity index (χ1v) is 11.2. The monoisotopic (exact) mass is 422 g/mol. The molecular weight excluding hydrogens is 396 g/mol. The number of aryl methyl sites for hydroxylation is 2. The third-order valence-corrected chi connectivity index (χ3v) is 7.85. The highest BCUT2D eigenvalue weighted by atomic mass is 32.2. The molecule has 2 aromatic rings. The third kappa shape index (κ3) is 3.96. The Hall–Kier alpha value is -1.87. The topological polar surface area (TPSA) is 107 Å². The van der Waals surface area contributed by atoms with Gasteiger partial charge in [0.25, 0.3) is 5.56 Å². The Labute approximate surface area is 172 Å². The van der Waals surface area contributed by atoms with Gasteiger partial charge in [0.05, 0.1) is 10.6 Å². The van der Waals surface area contributed by atoms with Gasteiger partial charge in [0.15, 0.2) is 5.16 Å². The SMILES string of the molecule is Cc1sc2nc(S[C@H](C(=O)NC(N)=O)C(C)C)n(C3CCCC3)c(=O)c2c1C. The molecule has 2 aromatic heterocycles. The minimum absolute atomic E-state index is 0.0286. The molecule has 3 rings (SSSR count). The number of nitrogens with two attached hydrogens (primary N) is 1. The number of nitrogens with one attached hydrogen (secondary N) is 1. The lowest BCUT2D eigenvalue weighted by Gasteiger charge is -2.23. The first kappa shape index (κ1) is 20.9. The molecule has 2 heterocycles. The molecule has 3 N–H and O–H groups in total. The van der Waals surface area contributed by atoms with Crippen LogP contribution in [0.4, 0.5) is 4.79 Å². The molecule has 9 heteroatoms. The molecule has 0 bridgehead atoms. The van der Waals surface area contributed by atoms with Crippen molar-refractivity contribution in [1.29, 1.82) is 0 Å². The lowest BCUT2D eigenvalue weighted by atomic mass is 10.1. The molecule has 1 aliphatic rings. The zero-order valence-corrected chi connectivity index (χ0v) is 18.2. The van der Waals surface area contributed by atoms with Crippen LogP contribution >= 0.6 is 23.1 Å². The van der Waals surface area contributed by atoms with Gasteiger partial charge in [-0.25, -0.2) is 9.78 Å². The fourth-order valence-electron chi connectivity index (χ4n) is 3.65. The van der Waals surface area contributed by atoms with Crippen molar-refractivity contribution < 1.29 is 9.59 Å². The van der Waals surface area contributed by atoms with Gasteiger partial charge >= 0.3 is 6.03 Å². The zero-order chi connectivity index (χ0) is 20.6. The molecule has 1 fully saturated rings. The van der Waals surface area contributed by atoms with Gasteiger partial charge in [0.1, 0.15) is 4.83 Å². The van der Waals surface area contributed by atoms with E-state index < -0.39 is 17.2 Å². The van der Waals surface area contributed by atoms with Gasteiger partial charge in [-0.2, -0.15) is 0 Å². The van der Waals surface area contributed by atoms with Crippen LogP contribution in [-0.4, -0.2) is 26.7 Å². The fourth-order valence-corrected chi connectivity index (χ4v) is 5.89. The van der Waals surface area contributed by atoms with Crippen LogP contribution in [0.2, 0.25) is 0 Å². The number of nitrogens with zero attached hydrogens (tertiary/aromatic N) is 2. The molecule has 28 heavy (non-hydrogen) atoms. The molecule has 0 radical (unpaired) electrons. The Morgan fingerprint density at radius 1 is 1.29 bits per heavy atom. The first-order valence-electron chi connectivity index (χ1n) is 9.49. The van der Waals surface area contributed by atoms with Crippen LogP contribution in [-0.2, 0) is 4.79 Å². The van der Waals surface area contributed by atoms with Crippen molar-refractivity contribution in [3.63, 3.8) is 0 Å². The summed E-state index contributed by atoms with van der Waals surface area (Å²) in [6.07, 6.45) is 4.03. The maximum Gasteiger partial charge on any atom is 0.318 e. The Balaban J connectivity index is 2.12. The molecule has 1 aliphatic carbocycles. The summed E-state index contributed by atoms with van der Waals surface area (Å²) in [4.78, 5) is 43.6. The predicted octanol–water partition coefficient (Wildman–Crippen LogP) is 3.50. The van der Waals surface area contributed by atoms with E-state index in [9.17, 15) is 14.4 Å². The normalized spacial score (nSPS) is 16.0. The Bertz CT molecular complexity index is 974. The second kappa shape index (κ2) is 8.24. The number of carbonyl (C=O) groups excluding carboxylic acids is 2. The van der Waals surface area contributed by atoms with Crippen LogP contribution in [0.3, 0.4) is 0 Å². The summed E-state index contributed by atoms with van der Waals surface area (Å²) in [7, 11) is 0. The standard InChI is InChI=1S/C19H26N4O3S2/c1-9(2)14(15(24)21-18(20)26)28-19-22-16-13(10(3)11(4)27-16)17(25)23(19)12-7-5-6-8-12/h9,12,14H,5-8H2,1-4H3,(H3,20,21,24,26)/t14-/m0/s1. The fraction of sp³-hybridized carbons (Fsp3) is 0.579. The maximum atomic E-state index is 13.4. The van der Waals surface area contributed by atoms with Crippen molar-refractivity contribution in [2.24, 2.45) is 11.7 Å². The number of aromatic nitrogens is 2. The highest BCUT2D eigenvalue weighted by Gasteiger charge is 2.30. The molecule has 3 amide bonds. The van der Waals surface area contributed by atoms with Gasteiger partial charge in [-0.1, -0.05) is 38.5 Å². The molecule has 1 saturated carbocycles. The van der Waals surface area contributed by atoms with Gasteiger partial charge < -0.3 is 5.73 Å². The van der Waals surface area contributed by atoms with Crippen molar-refractivity contribution in [3.05, 3.63) is 20.8 Å². The van der Waals surface area contributed by atoms with E-state index in [1.807, 2.05) is 27.7 Å². The maximum absolute atomic E-state index is 13.4. The smallest absolute Gasteiger partial charge is 0.318 e. The van der Waals surface area contributed by atoms with Crippen LogP contribution in [0.15, 0.2) is 9.95 Å². The molecule has 0 unspecified atom stereocenters. The van der Waals surface area contributed by atoms with E-state index in [0.29, 0.717) is 15.4 Å². The van der Waals surface area contributed by atoms with Crippen LogP contribution in [0.5, 0.6) is 0 Å². The third-order valence-electron chi connectivity index (χ3n) is 5.24. The van der Waals surface area contributed by atoms with E-state index in [2.05, 4.69) is 5.32 Å². The Kier molecular flexibility index (Phi) is 6.14. The molecule has 0 aromatic carbocycles. The van der Waals surface area contributed by atoms with Crippen LogP contribution in [0, 0.1) is 19.8 Å². The van der Waals surface area contributed by atoms with Crippen molar-refractivity contribution in [1.82, 2.24) is 14.9 Å². The molecule has 0 aliphatic heterocycles. The highest BCUT2D eigenvalue weighted by molar-refractivity contribution is 8.00. The number of urea groups is 1. The van der Waals surface area contributed by atoms with E-state index in [-0.39, 0.29) is 17.5 Å². The van der Waals surface area contributed by atoms with Crippen LogP contribution < -0.4 is 16.6 Å². The molecule has 152 valence electrons. The lowest BCUT2D eigenvalue weighted by molar-refractivity contribution is -0.120. The zero-order valence-electron chi connectivity index (χ0n) is 16.6. The van der Waals surface area contributed by atoms with E-state index in [4.69, 9.17) is 10.7 Å². The molecule has 0 spiro atoms. The predicted molar refractivity (Wildman–Crippen MR) is 113 cm³/mol.